The average molecular weight is 147 g/mol. The molecule has 3 atom stereocenters. The molecule has 1 aliphatic rings. The van der Waals surface area contributed by atoms with E-state index in [4.69, 9.17) is 20.7 Å². The highest BCUT2D eigenvalue weighted by Crippen LogP contribution is 2.15. The fraction of sp³-hybridized carbons (Fsp3) is 1.00. The van der Waals surface area contributed by atoms with E-state index >= 15 is 0 Å². The Kier molecular flexibility index (Phi) is 2.62. The summed E-state index contributed by atoms with van der Waals surface area (Å²) in [5, 5.41) is 17.6. The van der Waals surface area contributed by atoms with Gasteiger partial charge in [-0.15, -0.1) is 0 Å². The molecule has 10 heavy (non-hydrogen) atoms. The van der Waals surface area contributed by atoms with Crippen molar-refractivity contribution in [3.63, 3.8) is 0 Å². The molecule has 1 fully saturated rings. The fourth-order valence-corrected chi connectivity index (χ4v) is 1.02. The lowest BCUT2D eigenvalue weighted by molar-refractivity contribution is -0.181. The standard InChI is InChI=1S/C6H13NO3/c7-5-2-1-4(3-8)10-6(5)9/h4-6,8-9H,1-3,7H2/t4?,5-,6?/m0/s1. The number of aliphatic hydroxyl groups is 2. The molecular formula is C6H13NO3. The first-order valence-corrected chi connectivity index (χ1v) is 3.44. The zero-order valence-corrected chi connectivity index (χ0v) is 5.73. The van der Waals surface area contributed by atoms with Crippen LogP contribution in [0.4, 0.5) is 0 Å². The molecule has 1 saturated heterocycles. The van der Waals surface area contributed by atoms with Gasteiger partial charge >= 0.3 is 0 Å². The molecule has 0 bridgehead atoms. The maximum atomic E-state index is 9.02. The van der Waals surface area contributed by atoms with Crippen molar-refractivity contribution in [1.29, 1.82) is 0 Å². The Morgan fingerprint density at radius 1 is 1.50 bits per heavy atom. The van der Waals surface area contributed by atoms with Gasteiger partial charge in [0.15, 0.2) is 6.29 Å². The molecule has 1 rings (SSSR count). The second-order valence-corrected chi connectivity index (χ2v) is 2.57. The average Bonchev–Trinajstić information content (AvgIpc) is 1.95. The minimum Gasteiger partial charge on any atom is -0.394 e. The van der Waals surface area contributed by atoms with Gasteiger partial charge in [-0.05, 0) is 12.8 Å². The second kappa shape index (κ2) is 3.30. The summed E-state index contributed by atoms with van der Waals surface area (Å²) in [6.45, 7) is -0.0379. The molecule has 0 aromatic heterocycles. The number of nitrogens with two attached hydrogens (primary N) is 1. The molecule has 0 amide bonds. The molecule has 0 saturated carbocycles. The summed E-state index contributed by atoms with van der Waals surface area (Å²) in [5.41, 5.74) is 5.44. The normalized spacial score (nSPS) is 41.7. The fourth-order valence-electron chi connectivity index (χ4n) is 1.02. The van der Waals surface area contributed by atoms with Gasteiger partial charge in [-0.2, -0.15) is 0 Å². The van der Waals surface area contributed by atoms with Gasteiger partial charge < -0.3 is 20.7 Å². The summed E-state index contributed by atoms with van der Waals surface area (Å²) < 4.78 is 4.93. The van der Waals surface area contributed by atoms with Crippen molar-refractivity contribution in [2.75, 3.05) is 6.61 Å². The largest absolute Gasteiger partial charge is 0.394 e. The molecule has 1 heterocycles. The summed E-state index contributed by atoms with van der Waals surface area (Å²) in [6, 6.07) is -0.289. The Labute approximate surface area is 59.6 Å². The molecule has 4 heteroatoms. The third-order valence-corrected chi connectivity index (χ3v) is 1.72. The van der Waals surface area contributed by atoms with E-state index in [0.717, 1.165) is 6.42 Å². The minimum atomic E-state index is -0.897. The third kappa shape index (κ3) is 1.67. The van der Waals surface area contributed by atoms with Gasteiger partial charge in [-0.3, -0.25) is 0 Å². The minimum absolute atomic E-state index is 0.0379. The molecule has 60 valence electrons. The van der Waals surface area contributed by atoms with Crippen molar-refractivity contribution >= 4 is 0 Å². The Morgan fingerprint density at radius 3 is 2.70 bits per heavy atom. The molecule has 4 N–H and O–H groups in total. The molecule has 0 spiro atoms. The monoisotopic (exact) mass is 147 g/mol. The number of hydrogen-bond acceptors (Lipinski definition) is 4. The van der Waals surface area contributed by atoms with Crippen LogP contribution in [0.25, 0.3) is 0 Å². The van der Waals surface area contributed by atoms with Crippen molar-refractivity contribution in [2.24, 2.45) is 5.73 Å². The highest BCUT2D eigenvalue weighted by atomic mass is 16.6. The Balaban J connectivity index is 2.33. The molecule has 0 radical (unpaired) electrons. The third-order valence-electron chi connectivity index (χ3n) is 1.72. The Bertz CT molecular complexity index is 109. The van der Waals surface area contributed by atoms with Crippen LogP contribution in [-0.4, -0.2) is 35.3 Å². The zero-order valence-electron chi connectivity index (χ0n) is 5.73. The van der Waals surface area contributed by atoms with Crippen LogP contribution in [0.3, 0.4) is 0 Å². The number of hydrogen-bond donors (Lipinski definition) is 3. The van der Waals surface area contributed by atoms with Gasteiger partial charge in [0.2, 0.25) is 0 Å². The van der Waals surface area contributed by atoms with E-state index in [9.17, 15) is 0 Å². The van der Waals surface area contributed by atoms with Crippen molar-refractivity contribution < 1.29 is 14.9 Å². The molecule has 1 aliphatic heterocycles. The summed E-state index contributed by atoms with van der Waals surface area (Å²) in [5.74, 6) is 0. The lowest BCUT2D eigenvalue weighted by Crippen LogP contribution is -2.44. The first-order valence-electron chi connectivity index (χ1n) is 3.44. The van der Waals surface area contributed by atoms with E-state index in [0.29, 0.717) is 6.42 Å². The lowest BCUT2D eigenvalue weighted by Gasteiger charge is -2.30. The molecule has 2 unspecified atom stereocenters. The van der Waals surface area contributed by atoms with Crippen LogP contribution >= 0.6 is 0 Å². The van der Waals surface area contributed by atoms with E-state index in [1.54, 1.807) is 0 Å². The molecule has 0 aromatic rings. The van der Waals surface area contributed by atoms with Crippen LogP contribution < -0.4 is 5.73 Å². The predicted octanol–water partition coefficient (Wildman–Crippen LogP) is -1.20. The number of rotatable bonds is 1. The maximum absolute atomic E-state index is 9.02. The molecule has 4 nitrogen and oxygen atoms in total. The summed E-state index contributed by atoms with van der Waals surface area (Å²) in [6.07, 6.45) is 0.321. The quantitative estimate of drug-likeness (QED) is 0.435. The smallest absolute Gasteiger partial charge is 0.170 e. The van der Waals surface area contributed by atoms with E-state index in [1.165, 1.54) is 0 Å². The van der Waals surface area contributed by atoms with E-state index in [-0.39, 0.29) is 18.8 Å². The predicted molar refractivity (Wildman–Crippen MR) is 35.2 cm³/mol. The van der Waals surface area contributed by atoms with Crippen molar-refractivity contribution in [3.05, 3.63) is 0 Å². The maximum Gasteiger partial charge on any atom is 0.170 e. The van der Waals surface area contributed by atoms with Crippen LogP contribution in [-0.2, 0) is 4.74 Å². The topological polar surface area (TPSA) is 75.7 Å². The summed E-state index contributed by atoms with van der Waals surface area (Å²) in [7, 11) is 0. The van der Waals surface area contributed by atoms with Crippen LogP contribution in [0.15, 0.2) is 0 Å². The summed E-state index contributed by atoms with van der Waals surface area (Å²) >= 11 is 0. The van der Waals surface area contributed by atoms with Gasteiger partial charge in [-0.1, -0.05) is 0 Å². The van der Waals surface area contributed by atoms with Gasteiger partial charge in [0.05, 0.1) is 18.8 Å². The van der Waals surface area contributed by atoms with E-state index in [1.807, 2.05) is 0 Å². The van der Waals surface area contributed by atoms with Gasteiger partial charge in [0, 0.05) is 0 Å². The molecule has 0 aromatic carbocycles. The van der Waals surface area contributed by atoms with Crippen LogP contribution in [0, 0.1) is 0 Å². The van der Waals surface area contributed by atoms with E-state index < -0.39 is 6.29 Å². The highest BCUT2D eigenvalue weighted by molar-refractivity contribution is 4.74. The molecular weight excluding hydrogens is 134 g/mol. The second-order valence-electron chi connectivity index (χ2n) is 2.57. The SMILES string of the molecule is N[C@H]1CCC(CO)OC1O. The first kappa shape index (κ1) is 7.94. The van der Waals surface area contributed by atoms with Crippen LogP contribution in [0.5, 0.6) is 0 Å². The van der Waals surface area contributed by atoms with E-state index in [2.05, 4.69) is 0 Å². The van der Waals surface area contributed by atoms with Crippen molar-refractivity contribution in [2.45, 2.75) is 31.3 Å². The van der Waals surface area contributed by atoms with Crippen LogP contribution in [0.1, 0.15) is 12.8 Å². The Morgan fingerprint density at radius 2 is 2.20 bits per heavy atom. The zero-order chi connectivity index (χ0) is 7.56. The van der Waals surface area contributed by atoms with Crippen LogP contribution in [0.2, 0.25) is 0 Å². The summed E-state index contributed by atoms with van der Waals surface area (Å²) in [4.78, 5) is 0. The number of aliphatic hydroxyl groups excluding tert-OH is 2. The van der Waals surface area contributed by atoms with Crippen molar-refractivity contribution in [1.82, 2.24) is 0 Å². The van der Waals surface area contributed by atoms with Crippen molar-refractivity contribution in [3.8, 4) is 0 Å². The first-order chi connectivity index (χ1) is 4.74. The highest BCUT2D eigenvalue weighted by Gasteiger charge is 2.26. The number of ether oxygens (including phenoxy) is 1. The van der Waals surface area contributed by atoms with Gasteiger partial charge in [0.25, 0.3) is 0 Å². The van der Waals surface area contributed by atoms with Gasteiger partial charge in [-0.25, -0.2) is 0 Å². The Hall–Kier alpha value is -0.160. The lowest BCUT2D eigenvalue weighted by atomic mass is 10.1. The molecule has 0 aliphatic carbocycles. The van der Waals surface area contributed by atoms with Gasteiger partial charge in [0.1, 0.15) is 0 Å².